The highest BCUT2D eigenvalue weighted by Crippen LogP contribution is 2.22. The second-order valence-corrected chi connectivity index (χ2v) is 8.16. The summed E-state index contributed by atoms with van der Waals surface area (Å²) >= 11 is 3.19. The molecule has 3 heterocycles. The average molecular weight is 519 g/mol. The molecule has 0 radical (unpaired) electrons. The zero-order valence-electron chi connectivity index (χ0n) is 16.9. The summed E-state index contributed by atoms with van der Waals surface area (Å²) in [5.74, 6) is -2.31. The highest BCUT2D eigenvalue weighted by atomic mass is 79.9. The van der Waals surface area contributed by atoms with E-state index in [4.69, 9.17) is 14.3 Å². The van der Waals surface area contributed by atoms with Gasteiger partial charge in [-0.25, -0.2) is 9.78 Å². The number of hydrogen-bond donors (Lipinski definition) is 4. The van der Waals surface area contributed by atoms with E-state index in [1.54, 1.807) is 24.5 Å². The van der Waals surface area contributed by atoms with Crippen LogP contribution in [0.3, 0.4) is 0 Å². The molecule has 0 saturated carbocycles. The van der Waals surface area contributed by atoms with E-state index in [1.807, 2.05) is 20.8 Å². The SMILES string of the molecule is CC(C)(C)c1[nH]cnc1/C=c1\[nH]c(=O)/c(=C/c2ccc(Br)o2)[nH]c1=O.O=C(O)C(F)(F)F. The molecular weight excluding hydrogens is 501 g/mol. The van der Waals surface area contributed by atoms with E-state index in [0.29, 0.717) is 16.1 Å². The van der Waals surface area contributed by atoms with Crippen LogP contribution < -0.4 is 21.8 Å². The van der Waals surface area contributed by atoms with Crippen LogP contribution in [0.1, 0.15) is 37.9 Å². The molecule has 0 amide bonds. The van der Waals surface area contributed by atoms with Crippen LogP contribution in [0.2, 0.25) is 0 Å². The molecule has 172 valence electrons. The van der Waals surface area contributed by atoms with Gasteiger partial charge in [-0.2, -0.15) is 13.2 Å². The molecule has 0 aromatic carbocycles. The van der Waals surface area contributed by atoms with Crippen LogP contribution in [0.4, 0.5) is 13.2 Å². The predicted octanol–water partition coefficient (Wildman–Crippen LogP) is 1.73. The van der Waals surface area contributed by atoms with Gasteiger partial charge in [0.2, 0.25) is 0 Å². The first-order chi connectivity index (χ1) is 14.7. The lowest BCUT2D eigenvalue weighted by Crippen LogP contribution is -2.46. The van der Waals surface area contributed by atoms with Crippen molar-refractivity contribution in [1.29, 1.82) is 0 Å². The van der Waals surface area contributed by atoms with E-state index in [-0.39, 0.29) is 16.1 Å². The molecule has 4 N–H and O–H groups in total. The second kappa shape index (κ2) is 9.42. The molecule has 32 heavy (non-hydrogen) atoms. The minimum Gasteiger partial charge on any atom is -0.475 e. The average Bonchev–Trinajstić information content (AvgIpc) is 3.27. The third-order valence-corrected chi connectivity index (χ3v) is 4.23. The number of halogens is 4. The predicted molar refractivity (Wildman–Crippen MR) is 111 cm³/mol. The van der Waals surface area contributed by atoms with Gasteiger partial charge in [-0.3, -0.25) is 9.59 Å². The minimum atomic E-state index is -5.08. The Bertz CT molecular complexity index is 1340. The van der Waals surface area contributed by atoms with Crippen molar-refractivity contribution in [3.05, 3.63) is 71.7 Å². The molecule has 13 heteroatoms. The number of rotatable bonds is 2. The number of furan rings is 1. The number of carbonyl (C=O) groups is 1. The Kier molecular flexibility index (Phi) is 7.34. The van der Waals surface area contributed by atoms with E-state index >= 15 is 0 Å². The Labute approximate surface area is 185 Å². The number of carboxylic acids is 1. The summed E-state index contributed by atoms with van der Waals surface area (Å²) in [4.78, 5) is 45.9. The largest absolute Gasteiger partial charge is 0.490 e. The van der Waals surface area contributed by atoms with E-state index in [0.717, 1.165) is 5.69 Å². The van der Waals surface area contributed by atoms with Crippen molar-refractivity contribution in [2.75, 3.05) is 0 Å². The van der Waals surface area contributed by atoms with Crippen molar-refractivity contribution in [2.45, 2.75) is 32.4 Å². The smallest absolute Gasteiger partial charge is 0.475 e. The Balaban J connectivity index is 0.000000451. The van der Waals surface area contributed by atoms with Gasteiger partial charge in [-0.1, -0.05) is 20.8 Å². The molecule has 3 rings (SSSR count). The fraction of sp³-hybridized carbons (Fsp3) is 0.263. The van der Waals surface area contributed by atoms with Crippen LogP contribution in [0, 0.1) is 0 Å². The fourth-order valence-electron chi connectivity index (χ4n) is 2.40. The molecular formula is C19H18BrF3N4O5. The number of alkyl halides is 3. The normalized spacial score (nSPS) is 13.1. The van der Waals surface area contributed by atoms with Crippen LogP contribution in [0.15, 0.2) is 37.1 Å². The quantitative estimate of drug-likeness (QED) is 0.406. The topological polar surface area (TPSA) is 145 Å². The van der Waals surface area contributed by atoms with Crippen molar-refractivity contribution in [1.82, 2.24) is 19.9 Å². The van der Waals surface area contributed by atoms with Crippen LogP contribution in [0.5, 0.6) is 0 Å². The highest BCUT2D eigenvalue weighted by molar-refractivity contribution is 9.10. The lowest BCUT2D eigenvalue weighted by molar-refractivity contribution is -0.192. The summed E-state index contributed by atoms with van der Waals surface area (Å²) in [6.45, 7) is 6.10. The van der Waals surface area contributed by atoms with Gasteiger partial charge in [-0.15, -0.1) is 0 Å². The molecule has 0 bridgehead atoms. The lowest BCUT2D eigenvalue weighted by Gasteiger charge is -2.16. The Morgan fingerprint density at radius 2 is 1.62 bits per heavy atom. The number of H-pyrrole nitrogens is 3. The summed E-state index contributed by atoms with van der Waals surface area (Å²) in [6.07, 6.45) is -0.496. The van der Waals surface area contributed by atoms with Gasteiger partial charge in [-0.05, 0) is 34.1 Å². The summed E-state index contributed by atoms with van der Waals surface area (Å²) in [6, 6.07) is 3.38. The first-order valence-corrected chi connectivity index (χ1v) is 9.63. The van der Waals surface area contributed by atoms with Crippen molar-refractivity contribution in [3.63, 3.8) is 0 Å². The minimum absolute atomic E-state index is 0.113. The number of imidazole rings is 1. The van der Waals surface area contributed by atoms with E-state index in [1.165, 1.54) is 6.08 Å². The van der Waals surface area contributed by atoms with Gasteiger partial charge in [0.15, 0.2) is 4.67 Å². The third-order valence-electron chi connectivity index (χ3n) is 3.81. The van der Waals surface area contributed by atoms with Crippen LogP contribution >= 0.6 is 15.9 Å². The Hall–Kier alpha value is -3.35. The number of aromatic amines is 3. The van der Waals surface area contributed by atoms with Crippen LogP contribution in [0.25, 0.3) is 12.2 Å². The van der Waals surface area contributed by atoms with Gasteiger partial charge in [0.25, 0.3) is 11.1 Å². The molecule has 0 spiro atoms. The molecule has 0 aliphatic carbocycles. The van der Waals surface area contributed by atoms with E-state index in [2.05, 4.69) is 35.9 Å². The molecule has 0 aliphatic heterocycles. The molecule has 3 aromatic heterocycles. The van der Waals surface area contributed by atoms with Gasteiger partial charge in [0.1, 0.15) is 16.5 Å². The van der Waals surface area contributed by atoms with E-state index < -0.39 is 23.3 Å². The molecule has 3 aromatic rings. The second-order valence-electron chi connectivity index (χ2n) is 7.38. The number of aliphatic carboxylic acids is 1. The van der Waals surface area contributed by atoms with Crippen molar-refractivity contribution >= 4 is 34.1 Å². The maximum absolute atomic E-state index is 12.3. The maximum atomic E-state index is 12.3. The Morgan fingerprint density at radius 1 is 1.09 bits per heavy atom. The molecule has 0 saturated heterocycles. The van der Waals surface area contributed by atoms with Crippen LogP contribution in [-0.2, 0) is 10.2 Å². The van der Waals surface area contributed by atoms with Gasteiger partial charge in [0.05, 0.1) is 12.0 Å². The molecule has 0 fully saturated rings. The number of hydrogen-bond acceptors (Lipinski definition) is 5. The summed E-state index contributed by atoms with van der Waals surface area (Å²) in [5, 5.41) is 7.38. The maximum Gasteiger partial charge on any atom is 0.490 e. The van der Waals surface area contributed by atoms with Crippen molar-refractivity contribution in [3.8, 4) is 0 Å². The Morgan fingerprint density at radius 3 is 2.06 bits per heavy atom. The summed E-state index contributed by atoms with van der Waals surface area (Å²) < 4.78 is 37.6. The van der Waals surface area contributed by atoms with Crippen LogP contribution in [-0.4, -0.2) is 37.2 Å². The molecule has 0 atom stereocenters. The highest BCUT2D eigenvalue weighted by Gasteiger charge is 2.38. The summed E-state index contributed by atoms with van der Waals surface area (Å²) in [7, 11) is 0. The van der Waals surface area contributed by atoms with Gasteiger partial charge in [0, 0.05) is 17.2 Å². The third kappa shape index (κ3) is 6.57. The number of nitrogens with zero attached hydrogens (tertiary/aromatic N) is 1. The van der Waals surface area contributed by atoms with Gasteiger partial charge < -0.3 is 24.5 Å². The molecule has 0 unspecified atom stereocenters. The van der Waals surface area contributed by atoms with Gasteiger partial charge >= 0.3 is 12.1 Å². The molecule has 0 aliphatic rings. The lowest BCUT2D eigenvalue weighted by atomic mass is 9.90. The fourth-order valence-corrected chi connectivity index (χ4v) is 2.72. The number of carboxylic acid groups (broad SMARTS) is 1. The zero-order valence-corrected chi connectivity index (χ0v) is 18.5. The van der Waals surface area contributed by atoms with E-state index in [9.17, 15) is 22.8 Å². The monoisotopic (exact) mass is 518 g/mol. The first kappa shape index (κ1) is 24.9. The van der Waals surface area contributed by atoms with Crippen molar-refractivity contribution < 1.29 is 27.5 Å². The van der Waals surface area contributed by atoms with Crippen molar-refractivity contribution in [2.24, 2.45) is 0 Å². The standard InChI is InChI=1S/C17H17BrN4O3.C2HF3O2/c1-17(2,3)14-10(19-8-20-14)7-12-16(24)21-11(15(23)22-12)6-9-4-5-13(18)25-9;3-2(4,5)1(6)7/h4-8H,1-3H3,(H,19,20)(H,21,24)(H,22,23);(H,6,7)/b11-6-,12-7-;. The first-order valence-electron chi connectivity index (χ1n) is 8.84. The zero-order chi connectivity index (χ0) is 24.3. The summed E-state index contributed by atoms with van der Waals surface area (Å²) in [5.41, 5.74) is 0.477. The number of aromatic nitrogens is 4. The number of nitrogens with one attached hydrogen (secondary N) is 3. The molecule has 9 nitrogen and oxygen atoms in total.